The molecule has 0 N–H and O–H groups in total. The summed E-state index contributed by atoms with van der Waals surface area (Å²) in [5.41, 5.74) is 1.12. The summed E-state index contributed by atoms with van der Waals surface area (Å²) in [6, 6.07) is 0.606. The van der Waals surface area contributed by atoms with Gasteiger partial charge in [-0.05, 0) is 13.8 Å². The van der Waals surface area contributed by atoms with Crippen molar-refractivity contribution in [1.82, 2.24) is 9.88 Å². The van der Waals surface area contributed by atoms with Crippen molar-refractivity contribution < 1.29 is 4.42 Å². The van der Waals surface area contributed by atoms with Crippen molar-refractivity contribution in [2.24, 2.45) is 0 Å². The molecule has 12 heavy (non-hydrogen) atoms. The highest BCUT2D eigenvalue weighted by atomic mass is 16.3. The van der Waals surface area contributed by atoms with Crippen LogP contribution in [0.1, 0.15) is 25.3 Å². The van der Waals surface area contributed by atoms with E-state index in [2.05, 4.69) is 23.7 Å². The molecule has 0 saturated carbocycles. The molecule has 0 bridgehead atoms. The quantitative estimate of drug-likeness (QED) is 0.632. The molecule has 2 heterocycles. The van der Waals surface area contributed by atoms with E-state index in [1.807, 2.05) is 0 Å². The Morgan fingerprint density at radius 2 is 2.42 bits per heavy atom. The molecule has 1 aromatic heterocycles. The standard InChI is InChI=1S/C9H14N2O/c1-7(2)11-4-3-9-8(5-11)10-6-12-9/h6-7H,3-5H2,1-2H3. The summed E-state index contributed by atoms with van der Waals surface area (Å²) in [4.78, 5) is 6.59. The molecule has 0 radical (unpaired) electrons. The Balaban J connectivity index is 2.15. The Labute approximate surface area is 72.4 Å². The van der Waals surface area contributed by atoms with Crippen molar-refractivity contribution in [3.05, 3.63) is 17.8 Å². The van der Waals surface area contributed by atoms with E-state index < -0.39 is 0 Å². The molecule has 0 unspecified atom stereocenters. The number of aromatic nitrogens is 1. The fourth-order valence-corrected chi connectivity index (χ4v) is 1.58. The maximum Gasteiger partial charge on any atom is 0.181 e. The molecule has 0 atom stereocenters. The number of oxazole rings is 1. The van der Waals surface area contributed by atoms with Crippen LogP contribution >= 0.6 is 0 Å². The van der Waals surface area contributed by atoms with E-state index in [1.165, 1.54) is 0 Å². The van der Waals surface area contributed by atoms with Crippen LogP contribution in [-0.4, -0.2) is 22.5 Å². The second kappa shape index (κ2) is 2.90. The van der Waals surface area contributed by atoms with E-state index in [0.717, 1.165) is 31.0 Å². The third-order valence-corrected chi connectivity index (χ3v) is 2.43. The molecule has 2 rings (SSSR count). The topological polar surface area (TPSA) is 29.3 Å². The Morgan fingerprint density at radius 3 is 3.17 bits per heavy atom. The van der Waals surface area contributed by atoms with Gasteiger partial charge in [-0.2, -0.15) is 0 Å². The van der Waals surface area contributed by atoms with Gasteiger partial charge in [-0.15, -0.1) is 0 Å². The molecule has 1 aromatic rings. The zero-order chi connectivity index (χ0) is 8.55. The minimum atomic E-state index is 0.606. The molecule has 3 heteroatoms. The summed E-state index contributed by atoms with van der Waals surface area (Å²) in [6.45, 7) is 6.47. The molecule has 0 aliphatic carbocycles. The van der Waals surface area contributed by atoms with Gasteiger partial charge in [-0.25, -0.2) is 4.98 Å². The first-order valence-corrected chi connectivity index (χ1v) is 4.42. The van der Waals surface area contributed by atoms with Crippen LogP contribution in [0.3, 0.4) is 0 Å². The number of hydrogen-bond donors (Lipinski definition) is 0. The fraction of sp³-hybridized carbons (Fsp3) is 0.667. The van der Waals surface area contributed by atoms with Crippen LogP contribution in [0.2, 0.25) is 0 Å². The molecule has 0 spiro atoms. The molecule has 0 saturated heterocycles. The van der Waals surface area contributed by atoms with Crippen molar-refractivity contribution in [3.63, 3.8) is 0 Å². The second-order valence-corrected chi connectivity index (χ2v) is 3.54. The van der Waals surface area contributed by atoms with Crippen LogP contribution in [0.15, 0.2) is 10.8 Å². The van der Waals surface area contributed by atoms with E-state index in [-0.39, 0.29) is 0 Å². The van der Waals surface area contributed by atoms with E-state index in [1.54, 1.807) is 6.39 Å². The van der Waals surface area contributed by atoms with Gasteiger partial charge >= 0.3 is 0 Å². The fourth-order valence-electron chi connectivity index (χ4n) is 1.58. The number of rotatable bonds is 1. The summed E-state index contributed by atoms with van der Waals surface area (Å²) in [5, 5.41) is 0. The number of hydrogen-bond acceptors (Lipinski definition) is 3. The molecule has 1 aliphatic rings. The molecule has 0 amide bonds. The van der Waals surface area contributed by atoms with Crippen LogP contribution in [0.4, 0.5) is 0 Å². The zero-order valence-corrected chi connectivity index (χ0v) is 7.58. The lowest BCUT2D eigenvalue weighted by molar-refractivity contribution is 0.193. The number of fused-ring (bicyclic) bond motifs is 1. The summed E-state index contributed by atoms with van der Waals surface area (Å²) < 4.78 is 5.25. The van der Waals surface area contributed by atoms with Crippen molar-refractivity contribution in [2.75, 3.05) is 6.54 Å². The van der Waals surface area contributed by atoms with Crippen LogP contribution in [0, 0.1) is 0 Å². The predicted molar refractivity (Wildman–Crippen MR) is 45.8 cm³/mol. The largest absolute Gasteiger partial charge is 0.448 e. The maximum absolute atomic E-state index is 5.25. The summed E-state index contributed by atoms with van der Waals surface area (Å²) in [7, 11) is 0. The Morgan fingerprint density at radius 1 is 1.58 bits per heavy atom. The van der Waals surface area contributed by atoms with Gasteiger partial charge in [0.2, 0.25) is 0 Å². The first-order valence-electron chi connectivity index (χ1n) is 4.42. The molecule has 3 nitrogen and oxygen atoms in total. The lowest BCUT2D eigenvalue weighted by atomic mass is 10.1. The van der Waals surface area contributed by atoms with Gasteiger partial charge in [-0.1, -0.05) is 0 Å². The lowest BCUT2D eigenvalue weighted by Crippen LogP contribution is -2.35. The monoisotopic (exact) mass is 166 g/mol. The van der Waals surface area contributed by atoms with Gasteiger partial charge < -0.3 is 4.42 Å². The van der Waals surface area contributed by atoms with Gasteiger partial charge in [0.1, 0.15) is 5.76 Å². The molecular formula is C9H14N2O. The first-order chi connectivity index (χ1) is 5.77. The predicted octanol–water partition coefficient (Wildman–Crippen LogP) is 1.44. The van der Waals surface area contributed by atoms with Crippen molar-refractivity contribution >= 4 is 0 Å². The van der Waals surface area contributed by atoms with Gasteiger partial charge in [0.25, 0.3) is 0 Å². The van der Waals surface area contributed by atoms with Crippen molar-refractivity contribution in [3.8, 4) is 0 Å². The van der Waals surface area contributed by atoms with Gasteiger partial charge in [0.15, 0.2) is 6.39 Å². The van der Waals surface area contributed by atoms with Crippen LogP contribution in [0.5, 0.6) is 0 Å². The Bertz CT molecular complexity index is 267. The van der Waals surface area contributed by atoms with Gasteiger partial charge in [-0.3, -0.25) is 4.90 Å². The molecule has 66 valence electrons. The highest BCUT2D eigenvalue weighted by molar-refractivity contribution is 5.10. The van der Waals surface area contributed by atoms with E-state index >= 15 is 0 Å². The number of nitrogens with zero attached hydrogens (tertiary/aromatic N) is 2. The maximum atomic E-state index is 5.25. The smallest absolute Gasteiger partial charge is 0.181 e. The third kappa shape index (κ3) is 1.25. The van der Waals surface area contributed by atoms with E-state index in [4.69, 9.17) is 4.42 Å². The Kier molecular flexibility index (Phi) is 1.89. The summed E-state index contributed by atoms with van der Waals surface area (Å²) >= 11 is 0. The summed E-state index contributed by atoms with van der Waals surface area (Å²) in [5.74, 6) is 1.08. The minimum absolute atomic E-state index is 0.606. The Hall–Kier alpha value is -0.830. The second-order valence-electron chi connectivity index (χ2n) is 3.54. The first kappa shape index (κ1) is 7.80. The highest BCUT2D eigenvalue weighted by Crippen LogP contribution is 2.18. The molecular weight excluding hydrogens is 152 g/mol. The van der Waals surface area contributed by atoms with E-state index in [0.29, 0.717) is 6.04 Å². The lowest BCUT2D eigenvalue weighted by Gasteiger charge is -2.28. The van der Waals surface area contributed by atoms with E-state index in [9.17, 15) is 0 Å². The van der Waals surface area contributed by atoms with Crippen LogP contribution < -0.4 is 0 Å². The van der Waals surface area contributed by atoms with Gasteiger partial charge in [0, 0.05) is 25.6 Å². The van der Waals surface area contributed by atoms with Crippen molar-refractivity contribution in [1.29, 1.82) is 0 Å². The third-order valence-electron chi connectivity index (χ3n) is 2.43. The normalized spacial score (nSPS) is 18.2. The minimum Gasteiger partial charge on any atom is -0.448 e. The highest BCUT2D eigenvalue weighted by Gasteiger charge is 2.21. The molecule has 0 fully saturated rings. The molecule has 0 aromatic carbocycles. The SMILES string of the molecule is CC(C)N1CCc2ocnc2C1. The average Bonchev–Trinajstić information content (AvgIpc) is 2.49. The zero-order valence-electron chi connectivity index (χ0n) is 7.58. The van der Waals surface area contributed by atoms with Gasteiger partial charge in [0.05, 0.1) is 5.69 Å². The average molecular weight is 166 g/mol. The summed E-state index contributed by atoms with van der Waals surface area (Å²) in [6.07, 6.45) is 2.56. The molecule has 1 aliphatic heterocycles. The van der Waals surface area contributed by atoms with Crippen LogP contribution in [0.25, 0.3) is 0 Å². The van der Waals surface area contributed by atoms with Crippen molar-refractivity contribution in [2.45, 2.75) is 32.9 Å². The van der Waals surface area contributed by atoms with Crippen LogP contribution in [-0.2, 0) is 13.0 Å².